The molecule has 1 aromatic carbocycles. The zero-order valence-corrected chi connectivity index (χ0v) is 14.8. The topological polar surface area (TPSA) is 94.9 Å². The standard InChI is InChI=1S/C12H15BrClNO5S/c1-12(2,18)6-15(3)21(19,20)7-4-8(11(16)17)10(14)9(13)5-7/h4-5,18H,6H2,1-3H3,(H,16,17). The van der Waals surface area contributed by atoms with Crippen LogP contribution >= 0.6 is 27.5 Å². The summed E-state index contributed by atoms with van der Waals surface area (Å²) in [5.41, 5.74) is -1.54. The molecule has 0 bridgehead atoms. The Labute approximate surface area is 136 Å². The van der Waals surface area contributed by atoms with Gasteiger partial charge in [0.1, 0.15) is 0 Å². The minimum atomic E-state index is -3.95. The Kier molecular flexibility index (Phi) is 5.44. The van der Waals surface area contributed by atoms with E-state index in [1.165, 1.54) is 27.0 Å². The largest absolute Gasteiger partial charge is 0.478 e. The van der Waals surface area contributed by atoms with E-state index in [-0.39, 0.29) is 26.5 Å². The number of likely N-dealkylation sites (N-methyl/N-ethyl adjacent to an activating group) is 1. The van der Waals surface area contributed by atoms with Gasteiger partial charge < -0.3 is 10.2 Å². The summed E-state index contributed by atoms with van der Waals surface area (Å²) < 4.78 is 25.9. The van der Waals surface area contributed by atoms with Crippen molar-refractivity contribution in [1.29, 1.82) is 0 Å². The van der Waals surface area contributed by atoms with Crippen LogP contribution in [-0.4, -0.2) is 48.1 Å². The molecule has 9 heteroatoms. The number of halogens is 2. The summed E-state index contributed by atoms with van der Waals surface area (Å²) in [6.45, 7) is 2.80. The molecule has 0 aromatic heterocycles. The number of nitrogens with zero attached hydrogens (tertiary/aromatic N) is 1. The average molecular weight is 401 g/mol. The normalized spacial score (nSPS) is 12.7. The third-order valence-electron chi connectivity index (χ3n) is 2.55. The van der Waals surface area contributed by atoms with E-state index in [1.807, 2.05) is 0 Å². The highest BCUT2D eigenvalue weighted by molar-refractivity contribution is 9.10. The van der Waals surface area contributed by atoms with E-state index in [0.29, 0.717) is 0 Å². The maximum atomic E-state index is 12.4. The van der Waals surface area contributed by atoms with Gasteiger partial charge in [-0.25, -0.2) is 13.2 Å². The van der Waals surface area contributed by atoms with Crippen molar-refractivity contribution in [3.8, 4) is 0 Å². The summed E-state index contributed by atoms with van der Waals surface area (Å²) in [5, 5.41) is 18.7. The zero-order chi connectivity index (χ0) is 16.6. The first kappa shape index (κ1) is 18.4. The molecule has 0 saturated heterocycles. The Bertz CT molecular complexity index is 669. The first-order valence-corrected chi connectivity index (χ1v) is 8.38. The first-order valence-electron chi connectivity index (χ1n) is 5.77. The number of carbonyl (C=O) groups is 1. The molecule has 0 saturated carbocycles. The summed E-state index contributed by atoms with van der Waals surface area (Å²) in [4.78, 5) is 10.9. The van der Waals surface area contributed by atoms with Gasteiger partial charge in [0.15, 0.2) is 0 Å². The molecule has 0 aliphatic carbocycles. The SMILES string of the molecule is CN(CC(C)(C)O)S(=O)(=O)c1cc(Br)c(Cl)c(C(=O)O)c1. The van der Waals surface area contributed by atoms with Crippen LogP contribution < -0.4 is 0 Å². The van der Waals surface area contributed by atoms with E-state index in [1.54, 1.807) is 0 Å². The van der Waals surface area contributed by atoms with Gasteiger partial charge in [0, 0.05) is 18.1 Å². The van der Waals surface area contributed by atoms with Crippen molar-refractivity contribution in [3.63, 3.8) is 0 Å². The van der Waals surface area contributed by atoms with E-state index in [9.17, 15) is 18.3 Å². The van der Waals surface area contributed by atoms with Crippen LogP contribution in [0.3, 0.4) is 0 Å². The lowest BCUT2D eigenvalue weighted by molar-refractivity contribution is 0.0638. The van der Waals surface area contributed by atoms with Crippen molar-refractivity contribution in [2.75, 3.05) is 13.6 Å². The number of rotatable bonds is 5. The summed E-state index contributed by atoms with van der Waals surface area (Å²) in [6.07, 6.45) is 0. The van der Waals surface area contributed by atoms with Crippen LogP contribution in [-0.2, 0) is 10.0 Å². The second-order valence-corrected chi connectivity index (χ2v) is 8.42. The molecule has 0 radical (unpaired) electrons. The van der Waals surface area contributed by atoms with Crippen LogP contribution in [0.15, 0.2) is 21.5 Å². The molecular formula is C12H15BrClNO5S. The van der Waals surface area contributed by atoms with Gasteiger partial charge in [0.25, 0.3) is 0 Å². The monoisotopic (exact) mass is 399 g/mol. The predicted molar refractivity (Wildman–Crippen MR) is 82.2 cm³/mol. The highest BCUT2D eigenvalue weighted by Gasteiger charge is 2.28. The Morgan fingerprint density at radius 3 is 2.38 bits per heavy atom. The Balaban J connectivity index is 3.36. The van der Waals surface area contributed by atoms with E-state index >= 15 is 0 Å². The molecule has 0 unspecified atom stereocenters. The fourth-order valence-electron chi connectivity index (χ4n) is 1.68. The van der Waals surface area contributed by atoms with Gasteiger partial charge in [-0.3, -0.25) is 0 Å². The molecule has 0 aliphatic rings. The average Bonchev–Trinajstić information content (AvgIpc) is 2.29. The van der Waals surface area contributed by atoms with Gasteiger partial charge in [-0.2, -0.15) is 4.31 Å². The van der Waals surface area contributed by atoms with Crippen molar-refractivity contribution in [2.45, 2.75) is 24.3 Å². The van der Waals surface area contributed by atoms with Crippen molar-refractivity contribution < 1.29 is 23.4 Å². The van der Waals surface area contributed by atoms with Gasteiger partial charge in [-0.15, -0.1) is 0 Å². The van der Waals surface area contributed by atoms with Gasteiger partial charge in [-0.05, 0) is 41.9 Å². The second-order valence-electron chi connectivity index (χ2n) is 5.15. The predicted octanol–water partition coefficient (Wildman–Crippen LogP) is 2.19. The zero-order valence-electron chi connectivity index (χ0n) is 11.6. The molecule has 21 heavy (non-hydrogen) atoms. The lowest BCUT2D eigenvalue weighted by Gasteiger charge is -2.25. The minimum Gasteiger partial charge on any atom is -0.478 e. The molecule has 0 spiro atoms. The van der Waals surface area contributed by atoms with Crippen LogP contribution in [0.5, 0.6) is 0 Å². The van der Waals surface area contributed by atoms with Crippen LogP contribution in [0.1, 0.15) is 24.2 Å². The highest BCUT2D eigenvalue weighted by atomic mass is 79.9. The molecule has 1 rings (SSSR count). The van der Waals surface area contributed by atoms with Gasteiger partial charge in [0.2, 0.25) is 10.0 Å². The Morgan fingerprint density at radius 2 is 1.95 bits per heavy atom. The summed E-state index contributed by atoms with van der Waals surface area (Å²) in [6, 6.07) is 2.22. The minimum absolute atomic E-state index is 0.0772. The van der Waals surface area contributed by atoms with E-state index in [0.717, 1.165) is 10.4 Å². The molecule has 1 aromatic rings. The molecule has 0 fully saturated rings. The maximum Gasteiger partial charge on any atom is 0.337 e. The van der Waals surface area contributed by atoms with E-state index in [4.69, 9.17) is 16.7 Å². The van der Waals surface area contributed by atoms with Crippen molar-refractivity contribution in [2.24, 2.45) is 0 Å². The van der Waals surface area contributed by atoms with Crippen LogP contribution in [0.4, 0.5) is 0 Å². The molecule has 6 nitrogen and oxygen atoms in total. The number of carboxylic acids is 1. The van der Waals surface area contributed by atoms with Crippen molar-refractivity contribution in [1.82, 2.24) is 4.31 Å². The number of benzene rings is 1. The summed E-state index contributed by atoms with van der Waals surface area (Å²) in [7, 11) is -2.64. The first-order chi connectivity index (χ1) is 9.36. The lowest BCUT2D eigenvalue weighted by Crippen LogP contribution is -2.39. The number of aliphatic hydroxyl groups is 1. The molecule has 0 aliphatic heterocycles. The van der Waals surface area contributed by atoms with Crippen molar-refractivity contribution >= 4 is 43.5 Å². The summed E-state index contributed by atoms with van der Waals surface area (Å²) >= 11 is 8.86. The van der Waals surface area contributed by atoms with Gasteiger partial charge in [0.05, 0.1) is 21.1 Å². The van der Waals surface area contributed by atoms with Gasteiger partial charge in [-0.1, -0.05) is 11.6 Å². The second kappa shape index (κ2) is 6.21. The van der Waals surface area contributed by atoms with Crippen molar-refractivity contribution in [3.05, 3.63) is 27.2 Å². The number of hydrogen-bond donors (Lipinski definition) is 2. The quantitative estimate of drug-likeness (QED) is 0.790. The van der Waals surface area contributed by atoms with Crippen LogP contribution in [0.2, 0.25) is 5.02 Å². The molecular weight excluding hydrogens is 386 g/mol. The van der Waals surface area contributed by atoms with E-state index in [2.05, 4.69) is 15.9 Å². The highest BCUT2D eigenvalue weighted by Crippen LogP contribution is 2.31. The number of carboxylic acid groups (broad SMARTS) is 1. The Morgan fingerprint density at radius 1 is 1.43 bits per heavy atom. The number of aromatic carboxylic acids is 1. The Hall–Kier alpha value is -0.670. The van der Waals surface area contributed by atoms with Gasteiger partial charge >= 0.3 is 5.97 Å². The number of sulfonamides is 1. The third kappa shape index (κ3) is 4.40. The fourth-order valence-corrected chi connectivity index (χ4v) is 3.86. The molecule has 0 atom stereocenters. The van der Waals surface area contributed by atoms with Crippen LogP contribution in [0.25, 0.3) is 0 Å². The van der Waals surface area contributed by atoms with E-state index < -0.39 is 21.6 Å². The third-order valence-corrected chi connectivity index (χ3v) is 5.59. The number of hydrogen-bond acceptors (Lipinski definition) is 4. The lowest BCUT2D eigenvalue weighted by atomic mass is 10.1. The molecule has 118 valence electrons. The summed E-state index contributed by atoms with van der Waals surface area (Å²) in [5.74, 6) is -1.33. The smallest absolute Gasteiger partial charge is 0.337 e. The fraction of sp³-hybridized carbons (Fsp3) is 0.417. The molecule has 0 amide bonds. The molecule has 2 N–H and O–H groups in total. The molecule has 0 heterocycles. The van der Waals surface area contributed by atoms with Crippen LogP contribution in [0, 0.1) is 0 Å². The maximum absolute atomic E-state index is 12.4.